The predicted octanol–water partition coefficient (Wildman–Crippen LogP) is 1.82. The van der Waals surface area contributed by atoms with Crippen LogP contribution in [0.5, 0.6) is 5.75 Å². The molecule has 2 N–H and O–H groups in total. The second-order valence-corrected chi connectivity index (χ2v) is 12.3. The number of rotatable bonds is 13. The summed E-state index contributed by atoms with van der Waals surface area (Å²) >= 11 is 0. The third-order valence-electron chi connectivity index (χ3n) is 6.79. The SMILES string of the molecule is CC(C)CCN(C(=O)CNC(=O)Nc1cccc(C(C)S(=O)(=O)[O-])c1)c1ccccc1OCC(=O)N(C)c1cc(F)cc(F)c1.[K+]. The van der Waals surface area contributed by atoms with Crippen molar-refractivity contribution in [3.63, 3.8) is 0 Å². The number of benzene rings is 3. The molecule has 46 heavy (non-hydrogen) atoms. The fourth-order valence-corrected chi connectivity index (χ4v) is 4.62. The van der Waals surface area contributed by atoms with E-state index in [-0.39, 0.29) is 86.5 Å². The molecule has 0 radical (unpaired) electrons. The van der Waals surface area contributed by atoms with E-state index >= 15 is 0 Å². The Bertz CT molecular complexity index is 1620. The predicted molar refractivity (Wildman–Crippen MR) is 165 cm³/mol. The number of hydrogen-bond acceptors (Lipinski definition) is 7. The topological polar surface area (TPSA) is 148 Å². The molecular formula is C31H35F2KN4O7S. The molecule has 0 spiro atoms. The van der Waals surface area contributed by atoms with E-state index in [9.17, 15) is 36.1 Å². The molecule has 3 rings (SSSR count). The number of hydrogen-bond donors (Lipinski definition) is 2. The molecule has 1 unspecified atom stereocenters. The maximum atomic E-state index is 13.6. The number of likely N-dealkylation sites (N-methyl/N-ethyl adjacent to an activating group) is 1. The van der Waals surface area contributed by atoms with Gasteiger partial charge in [0.15, 0.2) is 6.61 Å². The Morgan fingerprint density at radius 3 is 2.22 bits per heavy atom. The van der Waals surface area contributed by atoms with Gasteiger partial charge in [-0.25, -0.2) is 22.0 Å². The molecule has 0 saturated heterocycles. The molecule has 242 valence electrons. The van der Waals surface area contributed by atoms with Crippen molar-refractivity contribution >= 4 is 45.0 Å². The quantitative estimate of drug-likeness (QED) is 0.206. The molecule has 0 aliphatic rings. The van der Waals surface area contributed by atoms with Crippen molar-refractivity contribution < 1.29 is 92.3 Å². The third kappa shape index (κ3) is 11.7. The van der Waals surface area contributed by atoms with Gasteiger partial charge >= 0.3 is 57.4 Å². The zero-order chi connectivity index (χ0) is 33.3. The van der Waals surface area contributed by atoms with Crippen LogP contribution in [0.1, 0.15) is 38.0 Å². The molecule has 0 bridgehead atoms. The van der Waals surface area contributed by atoms with E-state index in [1.165, 1.54) is 43.1 Å². The Kier molecular flexibility index (Phi) is 15.2. The molecule has 1 atom stereocenters. The molecule has 0 saturated carbocycles. The van der Waals surface area contributed by atoms with Crippen molar-refractivity contribution in [3.05, 3.63) is 83.9 Å². The maximum Gasteiger partial charge on any atom is 1.00 e. The van der Waals surface area contributed by atoms with Crippen molar-refractivity contribution in [2.45, 2.75) is 32.4 Å². The van der Waals surface area contributed by atoms with Crippen LogP contribution in [-0.2, 0) is 19.7 Å². The fraction of sp³-hybridized carbons (Fsp3) is 0.323. The zero-order valence-electron chi connectivity index (χ0n) is 26.3. The average Bonchev–Trinajstić information content (AvgIpc) is 2.97. The van der Waals surface area contributed by atoms with Crippen LogP contribution in [-0.4, -0.2) is 57.6 Å². The molecule has 11 nitrogen and oxygen atoms in total. The van der Waals surface area contributed by atoms with Crippen molar-refractivity contribution in [2.24, 2.45) is 5.92 Å². The van der Waals surface area contributed by atoms with E-state index in [1.54, 1.807) is 24.3 Å². The van der Waals surface area contributed by atoms with Gasteiger partial charge in [-0.05, 0) is 61.2 Å². The van der Waals surface area contributed by atoms with Gasteiger partial charge in [-0.15, -0.1) is 0 Å². The van der Waals surface area contributed by atoms with Gasteiger partial charge in [0.05, 0.1) is 17.5 Å². The minimum atomic E-state index is -4.59. The molecule has 0 aliphatic carbocycles. The Morgan fingerprint density at radius 1 is 0.935 bits per heavy atom. The summed E-state index contributed by atoms with van der Waals surface area (Å²) in [4.78, 5) is 41.2. The van der Waals surface area contributed by atoms with Gasteiger partial charge in [-0.3, -0.25) is 9.59 Å². The number of halogens is 2. The van der Waals surface area contributed by atoms with Crippen LogP contribution >= 0.6 is 0 Å². The number of anilines is 3. The molecule has 0 heterocycles. The smallest absolute Gasteiger partial charge is 0.747 e. The summed E-state index contributed by atoms with van der Waals surface area (Å²) in [7, 11) is -3.24. The molecule has 15 heteroatoms. The number of amides is 4. The first-order valence-electron chi connectivity index (χ1n) is 14.0. The van der Waals surface area contributed by atoms with Crippen LogP contribution in [0.15, 0.2) is 66.7 Å². The number of urea groups is 1. The Labute approximate surface area is 309 Å². The largest absolute Gasteiger partial charge is 1.00 e. The van der Waals surface area contributed by atoms with Gasteiger partial charge in [-0.1, -0.05) is 38.1 Å². The van der Waals surface area contributed by atoms with E-state index in [0.717, 1.165) is 17.0 Å². The summed E-state index contributed by atoms with van der Waals surface area (Å²) in [5.41, 5.74) is 0.768. The molecular weight excluding hydrogens is 650 g/mol. The molecule has 3 aromatic rings. The standard InChI is InChI=1S/C31H36F2N4O7S.K/c1-20(2)12-13-37(29(38)18-34-31(40)35-25-9-7-8-22(14-25)21(3)45(41,42)43)27-10-5-6-11-28(27)44-19-30(39)36(4)26-16-23(32)15-24(33)17-26;/h5-11,14-17,20-21H,12-13,18-19H2,1-4H3,(H2,34,35,40)(H,41,42,43);/q;+1/p-1. The van der Waals surface area contributed by atoms with Gasteiger partial charge in [0, 0.05) is 31.0 Å². The first kappa shape index (κ1) is 39.3. The monoisotopic (exact) mass is 684 g/mol. The Balaban J connectivity index is 0.00000736. The maximum absolute atomic E-state index is 13.6. The van der Waals surface area contributed by atoms with E-state index in [1.807, 2.05) is 13.8 Å². The van der Waals surface area contributed by atoms with Crippen LogP contribution < -0.4 is 76.6 Å². The first-order chi connectivity index (χ1) is 21.1. The fourth-order valence-electron chi connectivity index (χ4n) is 4.14. The van der Waals surface area contributed by atoms with Crippen LogP contribution in [0.2, 0.25) is 0 Å². The van der Waals surface area contributed by atoms with E-state index in [0.29, 0.717) is 18.2 Å². The summed E-state index contributed by atoms with van der Waals surface area (Å²) in [5, 5.41) is 3.67. The molecule has 0 fully saturated rings. The third-order valence-corrected chi connectivity index (χ3v) is 7.93. The minimum Gasteiger partial charge on any atom is -0.747 e. The van der Waals surface area contributed by atoms with E-state index < -0.39 is 58.0 Å². The normalized spacial score (nSPS) is 11.7. The second-order valence-electron chi connectivity index (χ2n) is 10.6. The van der Waals surface area contributed by atoms with Gasteiger partial charge in [0.1, 0.15) is 27.5 Å². The van der Waals surface area contributed by atoms with E-state index in [2.05, 4.69) is 10.6 Å². The molecule has 3 aromatic carbocycles. The number of para-hydroxylation sites is 2. The summed E-state index contributed by atoms with van der Waals surface area (Å²) in [6, 6.07) is 14.3. The van der Waals surface area contributed by atoms with Gasteiger partial charge in [0.2, 0.25) is 5.91 Å². The molecule has 0 aromatic heterocycles. The van der Waals surface area contributed by atoms with Crippen molar-refractivity contribution in [2.75, 3.05) is 41.9 Å². The van der Waals surface area contributed by atoms with Crippen molar-refractivity contribution in [1.82, 2.24) is 5.32 Å². The first-order valence-corrected chi connectivity index (χ1v) is 15.5. The van der Waals surface area contributed by atoms with Crippen LogP contribution in [0, 0.1) is 17.6 Å². The number of nitrogens with one attached hydrogen (secondary N) is 2. The van der Waals surface area contributed by atoms with E-state index in [4.69, 9.17) is 4.74 Å². The van der Waals surface area contributed by atoms with Crippen molar-refractivity contribution in [1.29, 1.82) is 0 Å². The number of carbonyl (C=O) groups is 3. The summed E-state index contributed by atoms with van der Waals surface area (Å²) in [6.07, 6.45) is 0.604. The van der Waals surface area contributed by atoms with Gasteiger partial charge in [0.25, 0.3) is 5.91 Å². The number of nitrogens with zero attached hydrogens (tertiary/aromatic N) is 2. The van der Waals surface area contributed by atoms with Crippen LogP contribution in [0.3, 0.4) is 0 Å². The van der Waals surface area contributed by atoms with Crippen LogP contribution in [0.4, 0.5) is 30.6 Å². The Morgan fingerprint density at radius 2 is 1.59 bits per heavy atom. The zero-order valence-corrected chi connectivity index (χ0v) is 30.2. The van der Waals surface area contributed by atoms with Crippen molar-refractivity contribution in [3.8, 4) is 5.75 Å². The number of ether oxygens (including phenoxy) is 1. The Hall–Kier alpha value is -2.92. The molecule has 0 aliphatic heterocycles. The minimum absolute atomic E-state index is 0. The summed E-state index contributed by atoms with van der Waals surface area (Å²) < 4.78 is 67.2. The second kappa shape index (κ2) is 17.8. The summed E-state index contributed by atoms with van der Waals surface area (Å²) in [6.45, 7) is 4.55. The van der Waals surface area contributed by atoms with Gasteiger partial charge < -0.3 is 29.7 Å². The van der Waals surface area contributed by atoms with Gasteiger partial charge in [-0.2, -0.15) is 0 Å². The molecule has 4 amide bonds. The average molecular weight is 685 g/mol. The van der Waals surface area contributed by atoms with Crippen LogP contribution in [0.25, 0.3) is 0 Å². The number of carbonyl (C=O) groups excluding carboxylic acids is 3. The summed E-state index contributed by atoms with van der Waals surface area (Å²) in [5.74, 6) is -2.34.